The van der Waals surface area contributed by atoms with Crippen LogP contribution in [0.2, 0.25) is 0 Å². The second-order valence-corrected chi connectivity index (χ2v) is 3.22. The summed E-state index contributed by atoms with van der Waals surface area (Å²) in [5.74, 6) is 6.06. The molecule has 0 saturated heterocycles. The lowest BCUT2D eigenvalue weighted by atomic mass is 10.1. The molecular weight excluding hydrogens is 174 g/mol. The van der Waals surface area contributed by atoms with Gasteiger partial charge in [0.25, 0.3) is 0 Å². The van der Waals surface area contributed by atoms with Crippen molar-refractivity contribution in [2.45, 2.75) is 46.1 Å². The van der Waals surface area contributed by atoms with E-state index in [-0.39, 0.29) is 0 Å². The Kier molecular flexibility index (Phi) is 10.2. The minimum Gasteiger partial charge on any atom is -0.382 e. The molecule has 2 heteroatoms. The third kappa shape index (κ3) is 8.10. The van der Waals surface area contributed by atoms with Crippen LogP contribution in [-0.2, 0) is 4.74 Å². The van der Waals surface area contributed by atoms with E-state index in [2.05, 4.69) is 24.1 Å². The summed E-state index contributed by atoms with van der Waals surface area (Å²) < 4.78 is 5.30. The van der Waals surface area contributed by atoms with Gasteiger partial charge in [-0.25, -0.2) is 0 Å². The van der Waals surface area contributed by atoms with Crippen molar-refractivity contribution < 1.29 is 4.74 Å². The standard InChI is InChI=1S/C12H23NO/c1-4-7-9-12(13-5-2)10-8-11-14-6-3/h12-13H,5-6,8-11H2,1-3H3. The zero-order valence-corrected chi connectivity index (χ0v) is 9.73. The molecule has 0 heterocycles. The van der Waals surface area contributed by atoms with Gasteiger partial charge in [0.1, 0.15) is 0 Å². The Morgan fingerprint density at radius 3 is 2.71 bits per heavy atom. The predicted octanol–water partition coefficient (Wildman–Crippen LogP) is 2.19. The minimum atomic E-state index is 0.535. The van der Waals surface area contributed by atoms with Crippen LogP contribution in [0.15, 0.2) is 0 Å². The SMILES string of the molecule is CC#CCC(CCCOCC)NCC. The third-order valence-corrected chi connectivity index (χ3v) is 2.06. The maximum absolute atomic E-state index is 5.30. The molecule has 14 heavy (non-hydrogen) atoms. The monoisotopic (exact) mass is 197 g/mol. The molecule has 2 nitrogen and oxygen atoms in total. The zero-order chi connectivity index (χ0) is 10.6. The van der Waals surface area contributed by atoms with Gasteiger partial charge in [-0.05, 0) is 33.2 Å². The van der Waals surface area contributed by atoms with Crippen molar-refractivity contribution in [3.63, 3.8) is 0 Å². The van der Waals surface area contributed by atoms with Gasteiger partial charge in [0.15, 0.2) is 0 Å². The number of hydrogen-bond acceptors (Lipinski definition) is 2. The molecule has 0 amide bonds. The molecule has 0 aromatic rings. The van der Waals surface area contributed by atoms with E-state index in [9.17, 15) is 0 Å². The number of rotatable bonds is 8. The molecule has 0 rings (SSSR count). The quantitative estimate of drug-likeness (QED) is 0.476. The van der Waals surface area contributed by atoms with Gasteiger partial charge in [-0.1, -0.05) is 6.92 Å². The Hall–Kier alpha value is -0.520. The molecule has 0 aliphatic heterocycles. The Balaban J connectivity index is 3.54. The average Bonchev–Trinajstić information content (AvgIpc) is 2.20. The van der Waals surface area contributed by atoms with Crippen molar-refractivity contribution in [3.8, 4) is 11.8 Å². The van der Waals surface area contributed by atoms with Crippen LogP contribution in [0.3, 0.4) is 0 Å². The van der Waals surface area contributed by atoms with Crippen molar-refractivity contribution in [3.05, 3.63) is 0 Å². The normalized spacial score (nSPS) is 11.9. The van der Waals surface area contributed by atoms with E-state index in [0.717, 1.165) is 39.0 Å². The molecular formula is C12H23NO. The fraction of sp³-hybridized carbons (Fsp3) is 0.833. The molecule has 0 spiro atoms. The van der Waals surface area contributed by atoms with E-state index in [1.54, 1.807) is 0 Å². The van der Waals surface area contributed by atoms with E-state index in [0.29, 0.717) is 6.04 Å². The van der Waals surface area contributed by atoms with Crippen LogP contribution in [0, 0.1) is 11.8 Å². The molecule has 0 saturated carbocycles. The second-order valence-electron chi connectivity index (χ2n) is 3.22. The van der Waals surface area contributed by atoms with E-state index < -0.39 is 0 Å². The highest BCUT2D eigenvalue weighted by Crippen LogP contribution is 2.01. The zero-order valence-electron chi connectivity index (χ0n) is 9.73. The molecule has 0 radical (unpaired) electrons. The smallest absolute Gasteiger partial charge is 0.0466 e. The Bertz CT molecular complexity index is 169. The first-order chi connectivity index (χ1) is 6.85. The number of hydrogen-bond donors (Lipinski definition) is 1. The Morgan fingerprint density at radius 1 is 1.36 bits per heavy atom. The van der Waals surface area contributed by atoms with Crippen molar-refractivity contribution in [1.82, 2.24) is 5.32 Å². The minimum absolute atomic E-state index is 0.535. The van der Waals surface area contributed by atoms with Crippen LogP contribution in [0.25, 0.3) is 0 Å². The third-order valence-electron chi connectivity index (χ3n) is 2.06. The van der Waals surface area contributed by atoms with E-state index >= 15 is 0 Å². The summed E-state index contributed by atoms with van der Waals surface area (Å²) in [7, 11) is 0. The van der Waals surface area contributed by atoms with E-state index in [4.69, 9.17) is 4.74 Å². The first-order valence-corrected chi connectivity index (χ1v) is 5.55. The van der Waals surface area contributed by atoms with Crippen LogP contribution >= 0.6 is 0 Å². The lowest BCUT2D eigenvalue weighted by molar-refractivity contribution is 0.141. The summed E-state index contributed by atoms with van der Waals surface area (Å²) in [5, 5.41) is 3.44. The van der Waals surface area contributed by atoms with Crippen LogP contribution < -0.4 is 5.32 Å². The summed E-state index contributed by atoms with van der Waals surface area (Å²) in [6, 6.07) is 0.535. The van der Waals surface area contributed by atoms with Gasteiger partial charge < -0.3 is 10.1 Å². The molecule has 0 fully saturated rings. The van der Waals surface area contributed by atoms with Crippen LogP contribution in [0.5, 0.6) is 0 Å². The molecule has 82 valence electrons. The lowest BCUT2D eigenvalue weighted by Crippen LogP contribution is -2.28. The highest BCUT2D eigenvalue weighted by molar-refractivity contribution is 4.98. The molecule has 0 aromatic heterocycles. The van der Waals surface area contributed by atoms with Gasteiger partial charge in [-0.15, -0.1) is 11.8 Å². The van der Waals surface area contributed by atoms with Crippen LogP contribution in [0.4, 0.5) is 0 Å². The molecule has 0 aromatic carbocycles. The average molecular weight is 197 g/mol. The molecule has 1 N–H and O–H groups in total. The lowest BCUT2D eigenvalue weighted by Gasteiger charge is -2.14. The van der Waals surface area contributed by atoms with E-state index in [1.807, 2.05) is 13.8 Å². The molecule has 1 unspecified atom stereocenters. The first kappa shape index (κ1) is 13.5. The van der Waals surface area contributed by atoms with Crippen LogP contribution in [-0.4, -0.2) is 25.8 Å². The summed E-state index contributed by atoms with van der Waals surface area (Å²) in [5.41, 5.74) is 0. The highest BCUT2D eigenvalue weighted by Gasteiger charge is 2.04. The van der Waals surface area contributed by atoms with Gasteiger partial charge in [0.05, 0.1) is 0 Å². The van der Waals surface area contributed by atoms with Gasteiger partial charge in [-0.2, -0.15) is 0 Å². The number of nitrogens with one attached hydrogen (secondary N) is 1. The van der Waals surface area contributed by atoms with Crippen molar-refractivity contribution in [1.29, 1.82) is 0 Å². The van der Waals surface area contributed by atoms with Gasteiger partial charge in [0.2, 0.25) is 0 Å². The molecule has 1 atom stereocenters. The largest absolute Gasteiger partial charge is 0.382 e. The maximum Gasteiger partial charge on any atom is 0.0466 e. The highest BCUT2D eigenvalue weighted by atomic mass is 16.5. The fourth-order valence-corrected chi connectivity index (χ4v) is 1.37. The van der Waals surface area contributed by atoms with E-state index in [1.165, 1.54) is 0 Å². The second kappa shape index (κ2) is 10.6. The summed E-state index contributed by atoms with van der Waals surface area (Å²) in [6.45, 7) is 8.77. The Labute approximate surface area is 88.4 Å². The van der Waals surface area contributed by atoms with Gasteiger partial charge in [-0.3, -0.25) is 0 Å². The number of ether oxygens (including phenoxy) is 1. The van der Waals surface area contributed by atoms with Crippen molar-refractivity contribution in [2.75, 3.05) is 19.8 Å². The first-order valence-electron chi connectivity index (χ1n) is 5.55. The Morgan fingerprint density at radius 2 is 2.14 bits per heavy atom. The summed E-state index contributed by atoms with van der Waals surface area (Å²) in [4.78, 5) is 0. The van der Waals surface area contributed by atoms with Gasteiger partial charge in [0, 0.05) is 25.7 Å². The summed E-state index contributed by atoms with van der Waals surface area (Å²) in [6.07, 6.45) is 3.23. The fourth-order valence-electron chi connectivity index (χ4n) is 1.37. The maximum atomic E-state index is 5.30. The summed E-state index contributed by atoms with van der Waals surface area (Å²) >= 11 is 0. The molecule has 0 bridgehead atoms. The van der Waals surface area contributed by atoms with Crippen molar-refractivity contribution in [2.24, 2.45) is 0 Å². The molecule has 0 aliphatic rings. The molecule has 0 aliphatic carbocycles. The predicted molar refractivity (Wildman–Crippen MR) is 61.3 cm³/mol. The van der Waals surface area contributed by atoms with Crippen LogP contribution in [0.1, 0.15) is 40.0 Å². The van der Waals surface area contributed by atoms with Gasteiger partial charge >= 0.3 is 0 Å². The van der Waals surface area contributed by atoms with Crippen molar-refractivity contribution >= 4 is 0 Å². The topological polar surface area (TPSA) is 21.3 Å².